The average Bonchev–Trinajstić information content (AvgIpc) is 3.31. The maximum Gasteiger partial charge on any atom is 0.330 e. The van der Waals surface area contributed by atoms with Crippen LogP contribution >= 0.6 is 23.2 Å². The first-order chi connectivity index (χ1) is 21.7. The predicted molar refractivity (Wildman–Crippen MR) is 172 cm³/mol. The van der Waals surface area contributed by atoms with Gasteiger partial charge in [-0.15, -0.1) is 0 Å². The highest BCUT2D eigenvalue weighted by molar-refractivity contribution is 6.39. The Hall–Kier alpha value is -4.48. The molecule has 3 aromatic carbocycles. The standard InChI is InChI=1S/C32H34Cl2N6O5/c1-45-28(41)26(36-30(43)37-27-24(33)13-8-14-25(27)34)19-35-31(44)38-17-15-32(16-18-38)29(42)39(20-22-9-4-2-5-10-22)21-40(32)23-11-6-3-7-12-23/h2-14,26H,15-21H2,1H3,(H,35,44)(H2,36,37,43)/t26-/m0/s1. The van der Waals surface area contributed by atoms with Crippen molar-refractivity contribution in [3.63, 3.8) is 0 Å². The van der Waals surface area contributed by atoms with Crippen LogP contribution in [0.1, 0.15) is 18.4 Å². The topological polar surface area (TPSA) is 123 Å². The van der Waals surface area contributed by atoms with Gasteiger partial charge in [0.2, 0.25) is 5.91 Å². The molecule has 0 bridgehead atoms. The molecule has 0 saturated carbocycles. The third-order valence-electron chi connectivity index (χ3n) is 8.13. The van der Waals surface area contributed by atoms with Gasteiger partial charge in [0, 0.05) is 25.3 Å². The second-order valence-electron chi connectivity index (χ2n) is 10.9. The smallest absolute Gasteiger partial charge is 0.330 e. The molecule has 3 aromatic rings. The van der Waals surface area contributed by atoms with Crippen LogP contribution in [-0.2, 0) is 20.9 Å². The number of hydrogen-bond acceptors (Lipinski definition) is 6. The molecule has 13 heteroatoms. The second kappa shape index (κ2) is 14.1. The molecule has 2 saturated heterocycles. The minimum absolute atomic E-state index is 0.0369. The first-order valence-corrected chi connectivity index (χ1v) is 15.3. The monoisotopic (exact) mass is 652 g/mol. The Morgan fingerprint density at radius 2 is 1.53 bits per heavy atom. The zero-order valence-electron chi connectivity index (χ0n) is 24.7. The van der Waals surface area contributed by atoms with Crippen LogP contribution in [0.4, 0.5) is 21.0 Å². The molecule has 45 heavy (non-hydrogen) atoms. The van der Waals surface area contributed by atoms with E-state index in [0.29, 0.717) is 39.1 Å². The molecule has 2 aliphatic heterocycles. The number of halogens is 2. The number of ether oxygens (including phenoxy) is 1. The zero-order valence-corrected chi connectivity index (χ0v) is 26.2. The highest BCUT2D eigenvalue weighted by Gasteiger charge is 2.54. The largest absolute Gasteiger partial charge is 0.467 e. The summed E-state index contributed by atoms with van der Waals surface area (Å²) in [5, 5.41) is 8.17. The number of methoxy groups -OCH3 is 1. The van der Waals surface area contributed by atoms with Gasteiger partial charge in [0.05, 0.1) is 36.1 Å². The normalized spacial score (nSPS) is 16.3. The Morgan fingerprint density at radius 3 is 2.16 bits per heavy atom. The fraction of sp³-hybridized carbons (Fsp3) is 0.312. The van der Waals surface area contributed by atoms with Gasteiger partial charge >= 0.3 is 18.0 Å². The van der Waals surface area contributed by atoms with E-state index in [1.54, 1.807) is 23.1 Å². The van der Waals surface area contributed by atoms with Crippen molar-refractivity contribution in [2.75, 3.05) is 43.6 Å². The van der Waals surface area contributed by atoms with Gasteiger partial charge in [0.25, 0.3) is 0 Å². The molecule has 3 N–H and O–H groups in total. The number of nitrogens with one attached hydrogen (secondary N) is 3. The van der Waals surface area contributed by atoms with Gasteiger partial charge in [0.1, 0.15) is 11.6 Å². The molecule has 2 fully saturated rings. The lowest BCUT2D eigenvalue weighted by Gasteiger charge is -2.43. The van der Waals surface area contributed by atoms with E-state index >= 15 is 0 Å². The van der Waals surface area contributed by atoms with E-state index in [4.69, 9.17) is 27.9 Å². The predicted octanol–water partition coefficient (Wildman–Crippen LogP) is 4.71. The van der Waals surface area contributed by atoms with Crippen LogP contribution in [0.15, 0.2) is 78.9 Å². The van der Waals surface area contributed by atoms with Crippen LogP contribution in [0.5, 0.6) is 0 Å². The van der Waals surface area contributed by atoms with E-state index in [-0.39, 0.29) is 28.2 Å². The molecule has 5 amide bonds. The van der Waals surface area contributed by atoms with Crippen LogP contribution in [0.2, 0.25) is 10.0 Å². The number of piperidine rings is 1. The van der Waals surface area contributed by atoms with E-state index in [0.717, 1.165) is 11.3 Å². The number of benzene rings is 3. The molecule has 11 nitrogen and oxygen atoms in total. The number of anilines is 2. The van der Waals surface area contributed by atoms with Crippen LogP contribution in [0, 0.1) is 0 Å². The second-order valence-corrected chi connectivity index (χ2v) is 11.7. The number of esters is 1. The molecule has 5 rings (SSSR count). The Morgan fingerprint density at radius 1 is 0.911 bits per heavy atom. The Kier molecular flexibility index (Phi) is 9.99. The summed E-state index contributed by atoms with van der Waals surface area (Å²) in [6.07, 6.45) is 0.859. The molecule has 0 aliphatic carbocycles. The minimum atomic E-state index is -1.19. The van der Waals surface area contributed by atoms with Crippen molar-refractivity contribution in [1.29, 1.82) is 0 Å². The maximum absolute atomic E-state index is 14.0. The molecule has 236 valence electrons. The quantitative estimate of drug-likeness (QED) is 0.303. The van der Waals surface area contributed by atoms with Gasteiger partial charge in [-0.25, -0.2) is 14.4 Å². The zero-order chi connectivity index (χ0) is 32.0. The molecule has 2 aliphatic rings. The van der Waals surface area contributed by atoms with Gasteiger partial charge in [-0.1, -0.05) is 77.8 Å². The number of amides is 5. The molecule has 1 spiro atoms. The Balaban J connectivity index is 1.22. The molecule has 2 heterocycles. The summed E-state index contributed by atoms with van der Waals surface area (Å²) in [4.78, 5) is 57.9. The lowest BCUT2D eigenvalue weighted by Crippen LogP contribution is -2.59. The summed E-state index contributed by atoms with van der Waals surface area (Å²) in [5.74, 6) is -0.711. The maximum atomic E-state index is 14.0. The summed E-state index contributed by atoms with van der Waals surface area (Å²) in [5.41, 5.74) is 1.38. The number of carbonyl (C=O) groups is 4. The summed E-state index contributed by atoms with van der Waals surface area (Å²) in [6.45, 7) is 1.35. The number of para-hydroxylation sites is 2. The van der Waals surface area contributed by atoms with Crippen molar-refractivity contribution >= 4 is 58.5 Å². The molecule has 0 aromatic heterocycles. The Labute approximate surface area is 271 Å². The SMILES string of the molecule is COC(=O)[C@H](CNC(=O)N1CCC2(CC1)C(=O)N(Cc1ccccc1)CN2c1ccccc1)NC(=O)Nc1c(Cl)cccc1Cl. The first kappa shape index (κ1) is 31.9. The number of carbonyl (C=O) groups excluding carboxylic acids is 4. The highest BCUT2D eigenvalue weighted by Crippen LogP contribution is 2.40. The Bertz CT molecular complexity index is 1520. The van der Waals surface area contributed by atoms with Crippen molar-refractivity contribution in [2.24, 2.45) is 0 Å². The van der Waals surface area contributed by atoms with Crippen molar-refractivity contribution in [3.8, 4) is 0 Å². The van der Waals surface area contributed by atoms with Crippen LogP contribution in [0.3, 0.4) is 0 Å². The lowest BCUT2D eigenvalue weighted by atomic mass is 9.85. The molecule has 0 radical (unpaired) electrons. The number of urea groups is 2. The summed E-state index contributed by atoms with van der Waals surface area (Å²) in [6, 6.07) is 22.1. The fourth-order valence-electron chi connectivity index (χ4n) is 5.77. The van der Waals surface area contributed by atoms with Crippen molar-refractivity contribution < 1.29 is 23.9 Å². The van der Waals surface area contributed by atoms with Gasteiger partial charge in [-0.3, -0.25) is 4.79 Å². The summed E-state index contributed by atoms with van der Waals surface area (Å²) < 4.78 is 4.82. The number of nitrogens with zero attached hydrogens (tertiary/aromatic N) is 3. The number of hydrogen-bond donors (Lipinski definition) is 3. The van der Waals surface area contributed by atoms with E-state index in [1.165, 1.54) is 7.11 Å². The minimum Gasteiger partial charge on any atom is -0.467 e. The van der Waals surface area contributed by atoms with Gasteiger partial charge in [0.15, 0.2) is 0 Å². The fourth-order valence-corrected chi connectivity index (χ4v) is 6.26. The van der Waals surface area contributed by atoms with Crippen LogP contribution in [0.25, 0.3) is 0 Å². The first-order valence-electron chi connectivity index (χ1n) is 14.5. The third-order valence-corrected chi connectivity index (χ3v) is 8.76. The van der Waals surface area contributed by atoms with Gasteiger partial charge in [-0.05, 0) is 42.7 Å². The van der Waals surface area contributed by atoms with E-state index in [9.17, 15) is 19.2 Å². The van der Waals surface area contributed by atoms with E-state index in [1.807, 2.05) is 65.6 Å². The van der Waals surface area contributed by atoms with Crippen molar-refractivity contribution in [1.82, 2.24) is 20.4 Å². The van der Waals surface area contributed by atoms with Crippen molar-refractivity contribution in [3.05, 3.63) is 94.5 Å². The van der Waals surface area contributed by atoms with E-state index in [2.05, 4.69) is 20.9 Å². The summed E-state index contributed by atoms with van der Waals surface area (Å²) in [7, 11) is 1.18. The summed E-state index contributed by atoms with van der Waals surface area (Å²) >= 11 is 12.2. The highest BCUT2D eigenvalue weighted by atomic mass is 35.5. The lowest BCUT2D eigenvalue weighted by molar-refractivity contribution is -0.142. The van der Waals surface area contributed by atoms with E-state index < -0.39 is 29.6 Å². The molecule has 1 atom stereocenters. The third kappa shape index (κ3) is 7.10. The van der Waals surface area contributed by atoms with Gasteiger partial charge < -0.3 is 35.4 Å². The van der Waals surface area contributed by atoms with Crippen LogP contribution in [-0.4, -0.2) is 78.7 Å². The molecule has 0 unspecified atom stereocenters. The molecular formula is C32H34Cl2N6O5. The van der Waals surface area contributed by atoms with Crippen molar-refractivity contribution in [2.45, 2.75) is 31.0 Å². The van der Waals surface area contributed by atoms with Crippen LogP contribution < -0.4 is 20.9 Å². The number of likely N-dealkylation sites (tertiary alicyclic amines) is 1. The number of rotatable bonds is 8. The molecular weight excluding hydrogens is 619 g/mol. The van der Waals surface area contributed by atoms with Gasteiger partial charge in [-0.2, -0.15) is 0 Å². The average molecular weight is 654 g/mol.